The molecule has 0 radical (unpaired) electrons. The molecule has 0 aromatic rings. The normalized spacial score (nSPS) is 48.0. The van der Waals surface area contributed by atoms with Gasteiger partial charge in [0.1, 0.15) is 0 Å². The molecule has 0 heterocycles. The van der Waals surface area contributed by atoms with Gasteiger partial charge in [-0.1, -0.05) is 41.2 Å². The Hall–Kier alpha value is -0.540. The molecule has 3 N–H and O–H groups in total. The van der Waals surface area contributed by atoms with Crippen molar-refractivity contribution >= 4 is 0 Å². The van der Waals surface area contributed by atoms with Crippen LogP contribution in [0, 0.1) is 46.3 Å². The molecule has 178 valence electrons. The molecule has 0 saturated heterocycles. The zero-order valence-electron chi connectivity index (χ0n) is 20.9. The monoisotopic (exact) mass is 431 g/mol. The van der Waals surface area contributed by atoms with E-state index in [1.807, 2.05) is 0 Å². The molecule has 4 aliphatic rings. The molecule has 4 fully saturated rings. The van der Waals surface area contributed by atoms with Crippen LogP contribution in [-0.4, -0.2) is 28.4 Å². The molecule has 0 amide bonds. The van der Waals surface area contributed by atoms with Crippen LogP contribution in [0.5, 0.6) is 0 Å². The minimum absolute atomic E-state index is 0.0991. The van der Waals surface area contributed by atoms with Crippen LogP contribution in [0.2, 0.25) is 0 Å². The summed E-state index contributed by atoms with van der Waals surface area (Å²) in [4.78, 5) is 0. The second-order valence-electron chi connectivity index (χ2n) is 12.9. The minimum atomic E-state index is -0.0991. The van der Waals surface area contributed by atoms with E-state index in [9.17, 15) is 10.2 Å². The van der Waals surface area contributed by atoms with Crippen molar-refractivity contribution < 1.29 is 10.2 Å². The number of rotatable bonds is 6. The van der Waals surface area contributed by atoms with E-state index >= 15 is 0 Å². The Morgan fingerprint density at radius 3 is 2.32 bits per heavy atom. The first-order chi connectivity index (χ1) is 14.6. The highest BCUT2D eigenvalue weighted by Crippen LogP contribution is 2.68. The third-order valence-electron chi connectivity index (χ3n) is 10.9. The van der Waals surface area contributed by atoms with Gasteiger partial charge in [0.2, 0.25) is 0 Å². The van der Waals surface area contributed by atoms with E-state index in [0.717, 1.165) is 49.4 Å². The molecule has 31 heavy (non-hydrogen) atoms. The first kappa shape index (κ1) is 23.6. The van der Waals surface area contributed by atoms with Gasteiger partial charge in [-0.05, 0) is 104 Å². The molecule has 3 nitrogen and oxygen atoms in total. The van der Waals surface area contributed by atoms with Crippen LogP contribution in [0.15, 0.2) is 12.3 Å². The van der Waals surface area contributed by atoms with E-state index in [2.05, 4.69) is 46.5 Å². The van der Waals surface area contributed by atoms with Crippen LogP contribution < -0.4 is 5.32 Å². The predicted octanol–water partition coefficient (Wildman–Crippen LogP) is 6.47. The van der Waals surface area contributed by atoms with Crippen molar-refractivity contribution in [3.63, 3.8) is 0 Å². The Morgan fingerprint density at radius 1 is 0.968 bits per heavy atom. The summed E-state index contributed by atoms with van der Waals surface area (Å²) in [5.74, 6) is 4.93. The number of nitrogens with one attached hydrogen (secondary N) is 1. The first-order valence-electron chi connectivity index (χ1n) is 13.4. The summed E-state index contributed by atoms with van der Waals surface area (Å²) in [6, 6.07) is 1.06. The lowest BCUT2D eigenvalue weighted by Gasteiger charge is -2.63. The lowest BCUT2D eigenvalue weighted by Crippen LogP contribution is -2.61. The van der Waals surface area contributed by atoms with Crippen LogP contribution in [0.1, 0.15) is 98.8 Å². The maximum Gasteiger partial charge on any atom is 0.0851 e. The predicted molar refractivity (Wildman–Crippen MR) is 129 cm³/mol. The highest BCUT2D eigenvalue weighted by Gasteiger charge is 2.62. The molecule has 10 atom stereocenters. The van der Waals surface area contributed by atoms with E-state index in [4.69, 9.17) is 0 Å². The molecule has 0 spiro atoms. The van der Waals surface area contributed by atoms with Crippen LogP contribution in [0.3, 0.4) is 0 Å². The van der Waals surface area contributed by atoms with Crippen molar-refractivity contribution in [2.24, 2.45) is 46.3 Å². The van der Waals surface area contributed by atoms with Crippen molar-refractivity contribution in [3.8, 4) is 0 Å². The van der Waals surface area contributed by atoms with E-state index in [-0.39, 0.29) is 6.10 Å². The van der Waals surface area contributed by atoms with Gasteiger partial charge in [-0.25, -0.2) is 0 Å². The third kappa shape index (κ3) is 4.12. The molecule has 0 aromatic heterocycles. The second kappa shape index (κ2) is 8.67. The van der Waals surface area contributed by atoms with Gasteiger partial charge in [0, 0.05) is 18.5 Å². The molecule has 0 aromatic carbocycles. The van der Waals surface area contributed by atoms with Crippen LogP contribution >= 0.6 is 0 Å². The number of fused-ring (bicyclic) bond motifs is 5. The van der Waals surface area contributed by atoms with Gasteiger partial charge in [0.05, 0.1) is 11.9 Å². The fourth-order valence-electron chi connectivity index (χ4n) is 9.50. The highest BCUT2D eigenvalue weighted by molar-refractivity contribution is 5.12. The summed E-state index contributed by atoms with van der Waals surface area (Å²) in [5, 5.41) is 24.1. The van der Waals surface area contributed by atoms with E-state index in [0.29, 0.717) is 40.5 Å². The molecule has 2 unspecified atom stereocenters. The van der Waals surface area contributed by atoms with Gasteiger partial charge < -0.3 is 15.5 Å². The lowest BCUT2D eigenvalue weighted by atomic mass is 9.43. The largest absolute Gasteiger partial charge is 0.513 e. The Kier molecular flexibility index (Phi) is 6.60. The van der Waals surface area contributed by atoms with Crippen molar-refractivity contribution in [1.29, 1.82) is 0 Å². The van der Waals surface area contributed by atoms with Gasteiger partial charge >= 0.3 is 0 Å². The van der Waals surface area contributed by atoms with Gasteiger partial charge in [0.15, 0.2) is 0 Å². The van der Waals surface area contributed by atoms with Crippen molar-refractivity contribution in [2.45, 2.75) is 117 Å². The van der Waals surface area contributed by atoms with Gasteiger partial charge in [-0.3, -0.25) is 0 Å². The summed E-state index contributed by atoms with van der Waals surface area (Å²) in [6.07, 6.45) is 11.8. The topological polar surface area (TPSA) is 52.5 Å². The summed E-state index contributed by atoms with van der Waals surface area (Å²) >= 11 is 0. The minimum Gasteiger partial charge on any atom is -0.513 e. The lowest BCUT2D eigenvalue weighted by molar-refractivity contribution is -0.142. The zero-order chi connectivity index (χ0) is 22.6. The van der Waals surface area contributed by atoms with Crippen molar-refractivity contribution in [1.82, 2.24) is 5.32 Å². The van der Waals surface area contributed by atoms with Crippen LogP contribution in [-0.2, 0) is 0 Å². The molecule has 4 rings (SSSR count). The fraction of sp³-hybridized carbons (Fsp3) is 0.929. The first-order valence-corrected chi connectivity index (χ1v) is 13.4. The maximum absolute atomic E-state index is 10.5. The van der Waals surface area contributed by atoms with Crippen molar-refractivity contribution in [2.75, 3.05) is 0 Å². The van der Waals surface area contributed by atoms with E-state index in [1.165, 1.54) is 38.5 Å². The number of aliphatic hydroxyl groups excluding tert-OH is 2. The zero-order valence-corrected chi connectivity index (χ0v) is 20.9. The second-order valence-corrected chi connectivity index (χ2v) is 12.9. The SMILES string of the molecule is C=C(O)CC[C@@H](C)[C@H]1CC[C@H]2[C@@H]3CC(NC(C)C)[C@@H]4CC(O)CC[C@]4(C)[C@H]3CC[C@]12C. The summed E-state index contributed by atoms with van der Waals surface area (Å²) in [7, 11) is 0. The molecule has 0 bridgehead atoms. The Morgan fingerprint density at radius 2 is 1.65 bits per heavy atom. The Bertz CT molecular complexity index is 661. The van der Waals surface area contributed by atoms with Gasteiger partial charge in [0.25, 0.3) is 0 Å². The standard InChI is InChI=1S/C28H49NO2/c1-17(2)29-26-16-21-23-10-9-22(18(3)7-8-19(4)30)27(23,5)14-12-24(21)28(6)13-11-20(31)15-25(26)28/h17-18,20-26,29-31H,4,7-16H2,1-3,5-6H3/t18-,20?,21+,22-,23+,24+,25+,26?,27-,28-/m1/s1. The highest BCUT2D eigenvalue weighted by atomic mass is 16.3. The van der Waals surface area contributed by atoms with Crippen LogP contribution in [0.25, 0.3) is 0 Å². The Labute approximate surface area is 191 Å². The van der Waals surface area contributed by atoms with Crippen LogP contribution in [0.4, 0.5) is 0 Å². The van der Waals surface area contributed by atoms with Gasteiger partial charge in [-0.2, -0.15) is 0 Å². The van der Waals surface area contributed by atoms with E-state index in [1.54, 1.807) is 0 Å². The summed E-state index contributed by atoms with van der Waals surface area (Å²) in [5.41, 5.74) is 0.839. The number of hydrogen-bond donors (Lipinski definition) is 3. The summed E-state index contributed by atoms with van der Waals surface area (Å²) in [6.45, 7) is 15.9. The maximum atomic E-state index is 10.5. The average molecular weight is 432 g/mol. The third-order valence-corrected chi connectivity index (χ3v) is 10.9. The smallest absolute Gasteiger partial charge is 0.0851 e. The Balaban J connectivity index is 1.58. The molecular weight excluding hydrogens is 382 g/mol. The molecule has 0 aliphatic heterocycles. The fourth-order valence-corrected chi connectivity index (χ4v) is 9.50. The van der Waals surface area contributed by atoms with Gasteiger partial charge in [-0.15, -0.1) is 0 Å². The van der Waals surface area contributed by atoms with E-state index < -0.39 is 0 Å². The molecule has 4 aliphatic carbocycles. The summed E-state index contributed by atoms with van der Waals surface area (Å²) < 4.78 is 0. The molecule has 4 saturated carbocycles. The quantitative estimate of drug-likeness (QED) is 0.422. The number of allylic oxidation sites excluding steroid dienone is 1. The number of aliphatic hydroxyl groups is 2. The van der Waals surface area contributed by atoms with Crippen molar-refractivity contribution in [3.05, 3.63) is 12.3 Å². The number of hydrogen-bond acceptors (Lipinski definition) is 3. The molecular formula is C28H49NO2. The average Bonchev–Trinajstić information content (AvgIpc) is 3.04. The molecule has 3 heteroatoms.